The summed E-state index contributed by atoms with van der Waals surface area (Å²) in [6.45, 7) is 1.93. The maximum atomic E-state index is 14.7. The lowest BCUT2D eigenvalue weighted by atomic mass is 9.90. The Morgan fingerprint density at radius 2 is 1.49 bits per heavy atom. The first-order chi connectivity index (χ1) is 20.0. The minimum absolute atomic E-state index is 0.0564. The van der Waals surface area contributed by atoms with Crippen molar-refractivity contribution in [1.82, 2.24) is 4.90 Å². The van der Waals surface area contributed by atoms with Gasteiger partial charge in [-0.25, -0.2) is 0 Å². The third kappa shape index (κ3) is 5.13. The third-order valence-corrected chi connectivity index (χ3v) is 9.26. The molecule has 0 radical (unpaired) electrons. The number of benzene rings is 4. The quantitative estimate of drug-likeness (QED) is 0.284. The number of thioether (sulfide) groups is 1. The Morgan fingerprint density at radius 3 is 2.15 bits per heavy atom. The van der Waals surface area contributed by atoms with Crippen LogP contribution in [0.4, 0.5) is 5.69 Å². The predicted octanol–water partition coefficient (Wildman–Crippen LogP) is 5.72. The largest absolute Gasteiger partial charge is 0.497 e. The van der Waals surface area contributed by atoms with Crippen LogP contribution in [0.5, 0.6) is 11.5 Å². The van der Waals surface area contributed by atoms with Gasteiger partial charge in [-0.05, 0) is 64.9 Å². The van der Waals surface area contributed by atoms with E-state index in [0.29, 0.717) is 32.1 Å². The van der Waals surface area contributed by atoms with Crippen LogP contribution in [0.1, 0.15) is 18.0 Å². The Balaban J connectivity index is 1.53. The molecule has 2 aliphatic heterocycles. The van der Waals surface area contributed by atoms with Crippen LogP contribution in [0, 0.1) is 0 Å². The van der Waals surface area contributed by atoms with Gasteiger partial charge in [0.1, 0.15) is 16.2 Å². The molecule has 6 rings (SSSR count). The van der Waals surface area contributed by atoms with Crippen LogP contribution >= 0.6 is 11.8 Å². The van der Waals surface area contributed by atoms with Crippen molar-refractivity contribution >= 4 is 40.0 Å². The molecule has 2 heterocycles. The highest BCUT2D eigenvalue weighted by Crippen LogP contribution is 2.55. The number of rotatable bonds is 7. The van der Waals surface area contributed by atoms with Gasteiger partial charge in [-0.2, -0.15) is 0 Å². The SMILES string of the molecule is COc1ccc(S[C@]2(C(=O)N3CCOCC3)CC(=O)N(c3ccc4ccccc4c3)[C@@H]2c2ccc(OC)cc2)cc1. The smallest absolute Gasteiger partial charge is 0.242 e. The highest BCUT2D eigenvalue weighted by molar-refractivity contribution is 8.01. The van der Waals surface area contributed by atoms with Gasteiger partial charge in [0.25, 0.3) is 0 Å². The highest BCUT2D eigenvalue weighted by atomic mass is 32.2. The number of carbonyl (C=O) groups excluding carboxylic acids is 2. The number of fused-ring (bicyclic) bond motifs is 1. The average molecular weight is 569 g/mol. The van der Waals surface area contributed by atoms with Gasteiger partial charge in [0.2, 0.25) is 11.8 Å². The zero-order chi connectivity index (χ0) is 28.4. The van der Waals surface area contributed by atoms with Crippen LogP contribution in [-0.2, 0) is 14.3 Å². The molecule has 4 aromatic carbocycles. The summed E-state index contributed by atoms with van der Waals surface area (Å²) in [4.78, 5) is 33.5. The zero-order valence-electron chi connectivity index (χ0n) is 23.1. The van der Waals surface area contributed by atoms with E-state index in [1.165, 1.54) is 11.8 Å². The van der Waals surface area contributed by atoms with Crippen molar-refractivity contribution < 1.29 is 23.8 Å². The molecule has 210 valence electrons. The third-order valence-electron chi connectivity index (χ3n) is 7.84. The van der Waals surface area contributed by atoms with Crippen LogP contribution in [0.15, 0.2) is 95.9 Å². The number of hydrogen-bond donors (Lipinski definition) is 0. The van der Waals surface area contributed by atoms with E-state index in [1.807, 2.05) is 94.7 Å². The molecule has 41 heavy (non-hydrogen) atoms. The van der Waals surface area contributed by atoms with E-state index in [0.717, 1.165) is 32.7 Å². The van der Waals surface area contributed by atoms with Gasteiger partial charge >= 0.3 is 0 Å². The van der Waals surface area contributed by atoms with Gasteiger partial charge in [0, 0.05) is 23.7 Å². The molecule has 2 saturated heterocycles. The summed E-state index contributed by atoms with van der Waals surface area (Å²) < 4.78 is 15.3. The van der Waals surface area contributed by atoms with Crippen LogP contribution in [0.2, 0.25) is 0 Å². The second kappa shape index (κ2) is 11.5. The average Bonchev–Trinajstić information content (AvgIpc) is 3.33. The van der Waals surface area contributed by atoms with E-state index in [-0.39, 0.29) is 18.2 Å². The van der Waals surface area contributed by atoms with Gasteiger partial charge in [0.15, 0.2) is 0 Å². The minimum atomic E-state index is -1.12. The Bertz CT molecular complexity index is 1550. The first kappa shape index (κ1) is 27.2. The molecule has 0 aromatic heterocycles. The molecule has 2 amide bonds. The van der Waals surface area contributed by atoms with E-state index in [2.05, 4.69) is 6.07 Å². The Kier molecular flexibility index (Phi) is 7.60. The maximum absolute atomic E-state index is 14.7. The van der Waals surface area contributed by atoms with Crippen LogP contribution in [-0.4, -0.2) is 62.0 Å². The molecule has 0 N–H and O–H groups in total. The van der Waals surface area contributed by atoms with E-state index in [9.17, 15) is 9.59 Å². The van der Waals surface area contributed by atoms with Crippen LogP contribution in [0.25, 0.3) is 10.8 Å². The molecular weight excluding hydrogens is 536 g/mol. The Labute approximate surface area is 244 Å². The fourth-order valence-electron chi connectivity index (χ4n) is 5.80. The van der Waals surface area contributed by atoms with Gasteiger partial charge in [-0.1, -0.05) is 42.5 Å². The van der Waals surface area contributed by atoms with Crippen molar-refractivity contribution in [1.29, 1.82) is 0 Å². The Hall–Kier alpha value is -4.01. The summed E-state index contributed by atoms with van der Waals surface area (Å²) in [6, 6.07) is 28.9. The normalized spacial score (nSPS) is 20.8. The number of methoxy groups -OCH3 is 2. The van der Waals surface area contributed by atoms with Gasteiger partial charge in [-0.3, -0.25) is 9.59 Å². The molecule has 0 spiro atoms. The molecule has 7 nitrogen and oxygen atoms in total. The van der Waals surface area contributed by atoms with Gasteiger partial charge in [0.05, 0.1) is 39.9 Å². The molecule has 0 bridgehead atoms. The topological polar surface area (TPSA) is 68.3 Å². The fourth-order valence-corrected chi connectivity index (χ4v) is 7.26. The van der Waals surface area contributed by atoms with Gasteiger partial charge in [-0.15, -0.1) is 11.8 Å². The van der Waals surface area contributed by atoms with E-state index >= 15 is 0 Å². The monoisotopic (exact) mass is 568 g/mol. The van der Waals surface area contributed by atoms with Crippen molar-refractivity contribution in [2.24, 2.45) is 0 Å². The first-order valence-corrected chi connectivity index (χ1v) is 14.5. The molecule has 0 aliphatic carbocycles. The van der Waals surface area contributed by atoms with Crippen molar-refractivity contribution in [2.75, 3.05) is 45.4 Å². The van der Waals surface area contributed by atoms with Crippen LogP contribution < -0.4 is 14.4 Å². The second-order valence-corrected chi connectivity index (χ2v) is 11.6. The number of carbonyl (C=O) groups is 2. The molecule has 2 fully saturated rings. The van der Waals surface area contributed by atoms with Gasteiger partial charge < -0.3 is 24.0 Å². The summed E-state index contributed by atoms with van der Waals surface area (Å²) in [7, 11) is 3.25. The minimum Gasteiger partial charge on any atom is -0.497 e. The first-order valence-electron chi connectivity index (χ1n) is 13.7. The summed E-state index contributed by atoms with van der Waals surface area (Å²) in [5.41, 5.74) is 1.63. The summed E-state index contributed by atoms with van der Waals surface area (Å²) in [5.74, 6) is 1.29. The standard InChI is InChI=1S/C33H32N2O5S/c1-38-27-11-8-24(9-12-27)31-33(32(37)34-17-19-40-20-18-34,41-29-15-13-28(39-2)14-16-29)22-30(36)35(31)26-10-7-23-5-3-4-6-25(23)21-26/h3-16,21,31H,17-20,22H2,1-2H3/t31-,33-/m1/s1. The number of ether oxygens (including phenoxy) is 3. The number of hydrogen-bond acceptors (Lipinski definition) is 6. The number of anilines is 1. The molecule has 8 heteroatoms. The molecular formula is C33H32N2O5S. The molecule has 0 unspecified atom stereocenters. The predicted molar refractivity (Wildman–Crippen MR) is 161 cm³/mol. The van der Waals surface area contributed by atoms with E-state index in [4.69, 9.17) is 14.2 Å². The number of morpholine rings is 1. The summed E-state index contributed by atoms with van der Waals surface area (Å²) in [6.07, 6.45) is 0.0589. The second-order valence-electron chi connectivity index (χ2n) is 10.2. The van der Waals surface area contributed by atoms with E-state index < -0.39 is 10.8 Å². The number of amides is 2. The van der Waals surface area contributed by atoms with E-state index in [1.54, 1.807) is 14.2 Å². The summed E-state index contributed by atoms with van der Waals surface area (Å²) in [5, 5.41) is 2.12. The van der Waals surface area contributed by atoms with Crippen molar-refractivity contribution in [2.45, 2.75) is 22.1 Å². The lowest BCUT2D eigenvalue weighted by molar-refractivity contribution is -0.138. The molecule has 2 atom stereocenters. The summed E-state index contributed by atoms with van der Waals surface area (Å²) >= 11 is 1.46. The Morgan fingerprint density at radius 1 is 0.854 bits per heavy atom. The van der Waals surface area contributed by atoms with Crippen molar-refractivity contribution in [3.05, 3.63) is 96.6 Å². The lowest BCUT2D eigenvalue weighted by Crippen LogP contribution is -2.53. The zero-order valence-corrected chi connectivity index (χ0v) is 23.9. The lowest BCUT2D eigenvalue weighted by Gasteiger charge is -2.40. The highest BCUT2D eigenvalue weighted by Gasteiger charge is 2.59. The molecule has 0 saturated carbocycles. The van der Waals surface area contributed by atoms with Crippen molar-refractivity contribution in [3.63, 3.8) is 0 Å². The molecule has 2 aliphatic rings. The molecule has 4 aromatic rings. The number of nitrogens with zero attached hydrogens (tertiary/aromatic N) is 2. The maximum Gasteiger partial charge on any atom is 0.242 e. The van der Waals surface area contributed by atoms with Crippen LogP contribution in [0.3, 0.4) is 0 Å². The fraction of sp³-hybridized carbons (Fsp3) is 0.273. The van der Waals surface area contributed by atoms with Crippen molar-refractivity contribution in [3.8, 4) is 11.5 Å².